The Hall–Kier alpha value is -2.41. The van der Waals surface area contributed by atoms with Crippen LogP contribution in [-0.4, -0.2) is 24.3 Å². The first kappa shape index (κ1) is 23.3. The number of aliphatic imine (C=N–C) groups is 1. The number of carbonyl (C=O) groups is 1. The molecule has 1 aromatic heterocycles. The average molecular weight is 443 g/mol. The fraction of sp³-hybridized carbons (Fsp3) is 0.542. The summed E-state index contributed by atoms with van der Waals surface area (Å²) in [5, 5.41) is 4.13. The van der Waals surface area contributed by atoms with Crippen LogP contribution in [0.3, 0.4) is 0 Å². The van der Waals surface area contributed by atoms with E-state index in [0.717, 1.165) is 41.2 Å². The fourth-order valence-corrected chi connectivity index (χ4v) is 5.36. The Morgan fingerprint density at radius 1 is 1.35 bits per heavy atom. The third kappa shape index (κ3) is 5.64. The zero-order valence-electron chi connectivity index (χ0n) is 19.0. The Balaban J connectivity index is 1.82. The van der Waals surface area contributed by atoms with Crippen LogP contribution in [0.5, 0.6) is 5.75 Å². The largest absolute Gasteiger partial charge is 0.494 e. The molecule has 3 rings (SSSR count). The molecule has 0 bridgehead atoms. The molecule has 31 heavy (non-hydrogen) atoms. The lowest BCUT2D eigenvalue weighted by molar-refractivity contribution is -0.112. The van der Waals surface area contributed by atoms with E-state index < -0.39 is 0 Å². The van der Waals surface area contributed by atoms with Gasteiger partial charge < -0.3 is 15.8 Å². The fourth-order valence-electron chi connectivity index (χ4n) is 4.20. The van der Waals surface area contributed by atoms with Crippen LogP contribution in [0, 0.1) is 11.8 Å². The van der Waals surface area contributed by atoms with Crippen molar-refractivity contribution in [3.05, 3.63) is 28.9 Å². The zero-order chi connectivity index (χ0) is 22.4. The second-order valence-electron chi connectivity index (χ2n) is 8.54. The molecule has 0 radical (unpaired) electrons. The van der Waals surface area contributed by atoms with Crippen molar-refractivity contribution >= 4 is 39.5 Å². The molecule has 1 amide bonds. The maximum absolute atomic E-state index is 12.7. The number of thiazole rings is 1. The summed E-state index contributed by atoms with van der Waals surface area (Å²) in [4.78, 5) is 21.7. The SMILES string of the molecule is CCC/C=C(\N=CN)C(=O)Nc1cc2sc(C3CCC(C(C)C)CC3)nc2cc1OC. The number of aromatic nitrogens is 1. The minimum absolute atomic E-state index is 0.301. The van der Waals surface area contributed by atoms with Crippen molar-refractivity contribution in [2.24, 2.45) is 22.6 Å². The summed E-state index contributed by atoms with van der Waals surface area (Å²) in [6.07, 6.45) is 9.57. The van der Waals surface area contributed by atoms with Crippen molar-refractivity contribution in [2.75, 3.05) is 12.4 Å². The molecule has 168 valence electrons. The highest BCUT2D eigenvalue weighted by molar-refractivity contribution is 7.18. The summed E-state index contributed by atoms with van der Waals surface area (Å²) in [6, 6.07) is 3.86. The maximum atomic E-state index is 12.7. The summed E-state index contributed by atoms with van der Waals surface area (Å²) in [5.41, 5.74) is 7.26. The van der Waals surface area contributed by atoms with E-state index in [9.17, 15) is 4.79 Å². The minimum Gasteiger partial charge on any atom is -0.494 e. The van der Waals surface area contributed by atoms with Crippen LogP contribution in [0.4, 0.5) is 5.69 Å². The molecule has 1 heterocycles. The Labute approximate surface area is 189 Å². The van der Waals surface area contributed by atoms with E-state index in [2.05, 4.69) is 24.2 Å². The molecule has 7 heteroatoms. The minimum atomic E-state index is -0.301. The van der Waals surface area contributed by atoms with Gasteiger partial charge in [0.05, 0.1) is 34.4 Å². The summed E-state index contributed by atoms with van der Waals surface area (Å²) in [7, 11) is 1.60. The van der Waals surface area contributed by atoms with Gasteiger partial charge in [-0.15, -0.1) is 11.3 Å². The Morgan fingerprint density at radius 2 is 2.10 bits per heavy atom. The average Bonchev–Trinajstić information content (AvgIpc) is 3.18. The normalized spacial score (nSPS) is 20.0. The van der Waals surface area contributed by atoms with Crippen LogP contribution in [-0.2, 0) is 4.79 Å². The molecule has 1 aliphatic carbocycles. The number of nitrogens with one attached hydrogen (secondary N) is 1. The van der Waals surface area contributed by atoms with Gasteiger partial charge in [0.25, 0.3) is 5.91 Å². The van der Waals surface area contributed by atoms with Gasteiger partial charge in [-0.3, -0.25) is 4.79 Å². The summed E-state index contributed by atoms with van der Waals surface area (Å²) < 4.78 is 6.59. The van der Waals surface area contributed by atoms with Crippen LogP contribution in [0.15, 0.2) is 28.9 Å². The third-order valence-electron chi connectivity index (χ3n) is 6.11. The van der Waals surface area contributed by atoms with Crippen molar-refractivity contribution in [3.63, 3.8) is 0 Å². The standard InChI is InChI=1S/C24H34N4O2S/c1-5-6-7-18(26-14-25)23(29)27-19-13-22-20(12-21(19)30-4)28-24(31-22)17-10-8-16(9-11-17)15(2)3/h7,12-17H,5-6,8-11H2,1-4H3,(H2,25,26)(H,27,29)/b18-7-. The molecule has 1 aliphatic rings. The lowest BCUT2D eigenvalue weighted by atomic mass is 9.77. The predicted octanol–water partition coefficient (Wildman–Crippen LogP) is 5.84. The predicted molar refractivity (Wildman–Crippen MR) is 130 cm³/mol. The van der Waals surface area contributed by atoms with Crippen molar-refractivity contribution in [3.8, 4) is 5.75 Å². The van der Waals surface area contributed by atoms with Gasteiger partial charge in [0, 0.05) is 12.0 Å². The number of carbonyl (C=O) groups excluding carboxylic acids is 1. The van der Waals surface area contributed by atoms with Gasteiger partial charge >= 0.3 is 0 Å². The first-order valence-electron chi connectivity index (χ1n) is 11.2. The molecule has 2 aromatic rings. The number of nitrogens with two attached hydrogens (primary N) is 1. The molecule has 1 saturated carbocycles. The molecule has 1 aromatic carbocycles. The van der Waals surface area contributed by atoms with E-state index in [0.29, 0.717) is 23.1 Å². The number of hydrogen-bond donors (Lipinski definition) is 2. The topological polar surface area (TPSA) is 89.6 Å². The van der Waals surface area contributed by atoms with E-state index >= 15 is 0 Å². The molecular weight excluding hydrogens is 408 g/mol. The summed E-state index contributed by atoms with van der Waals surface area (Å²) in [6.45, 7) is 6.70. The van der Waals surface area contributed by atoms with Gasteiger partial charge in [-0.05, 0) is 50.0 Å². The Bertz CT molecular complexity index is 956. The number of rotatable bonds is 8. The van der Waals surface area contributed by atoms with E-state index in [-0.39, 0.29) is 5.91 Å². The number of amides is 1. The molecule has 0 atom stereocenters. The first-order chi connectivity index (χ1) is 15.0. The van der Waals surface area contributed by atoms with Crippen LogP contribution >= 0.6 is 11.3 Å². The summed E-state index contributed by atoms with van der Waals surface area (Å²) in [5.74, 6) is 2.40. The highest BCUT2D eigenvalue weighted by Crippen LogP contribution is 2.42. The van der Waals surface area contributed by atoms with E-state index in [1.54, 1.807) is 24.5 Å². The van der Waals surface area contributed by atoms with Crippen molar-refractivity contribution in [1.82, 2.24) is 4.98 Å². The van der Waals surface area contributed by atoms with Gasteiger partial charge in [-0.1, -0.05) is 33.3 Å². The van der Waals surface area contributed by atoms with Crippen molar-refractivity contribution < 1.29 is 9.53 Å². The van der Waals surface area contributed by atoms with Crippen LogP contribution in [0.2, 0.25) is 0 Å². The van der Waals surface area contributed by atoms with Crippen molar-refractivity contribution in [1.29, 1.82) is 0 Å². The highest BCUT2D eigenvalue weighted by Gasteiger charge is 2.26. The van der Waals surface area contributed by atoms with Crippen LogP contribution < -0.4 is 15.8 Å². The number of allylic oxidation sites excluding steroid dienone is 1. The second-order valence-corrected chi connectivity index (χ2v) is 9.60. The van der Waals surface area contributed by atoms with Gasteiger partial charge in [0.2, 0.25) is 0 Å². The lowest BCUT2D eigenvalue weighted by Crippen LogP contribution is -2.17. The molecule has 6 nitrogen and oxygen atoms in total. The maximum Gasteiger partial charge on any atom is 0.274 e. The number of unbranched alkanes of at least 4 members (excludes halogenated alkanes) is 1. The van der Waals surface area contributed by atoms with Gasteiger partial charge in [-0.2, -0.15) is 0 Å². The second kappa shape index (κ2) is 10.8. The summed E-state index contributed by atoms with van der Waals surface area (Å²) >= 11 is 1.72. The molecular formula is C24H34N4O2S. The number of fused-ring (bicyclic) bond motifs is 1. The Morgan fingerprint density at radius 3 is 2.71 bits per heavy atom. The van der Waals surface area contributed by atoms with Gasteiger partial charge in [0.1, 0.15) is 11.4 Å². The highest BCUT2D eigenvalue weighted by atomic mass is 32.1. The number of nitrogens with zero attached hydrogens (tertiary/aromatic N) is 2. The zero-order valence-corrected chi connectivity index (χ0v) is 19.8. The van der Waals surface area contributed by atoms with Crippen LogP contribution in [0.1, 0.15) is 70.2 Å². The molecule has 0 aliphatic heterocycles. The van der Waals surface area contributed by atoms with E-state index in [4.69, 9.17) is 15.5 Å². The van der Waals surface area contributed by atoms with Gasteiger partial charge in [0.15, 0.2) is 0 Å². The van der Waals surface area contributed by atoms with Crippen molar-refractivity contribution in [2.45, 2.75) is 65.2 Å². The number of anilines is 1. The molecule has 1 fully saturated rings. The van der Waals surface area contributed by atoms with E-state index in [1.165, 1.54) is 30.7 Å². The lowest BCUT2D eigenvalue weighted by Gasteiger charge is -2.29. The molecule has 0 spiro atoms. The van der Waals surface area contributed by atoms with Gasteiger partial charge in [-0.25, -0.2) is 9.98 Å². The number of methoxy groups -OCH3 is 1. The Kier molecular flexibility index (Phi) is 8.07. The number of benzene rings is 1. The molecule has 0 unspecified atom stereocenters. The van der Waals surface area contributed by atoms with E-state index in [1.807, 2.05) is 19.1 Å². The smallest absolute Gasteiger partial charge is 0.274 e. The quantitative estimate of drug-likeness (QED) is 0.305. The first-order valence-corrected chi connectivity index (χ1v) is 12.0. The monoisotopic (exact) mass is 442 g/mol. The molecule has 0 saturated heterocycles. The molecule has 3 N–H and O–H groups in total. The third-order valence-corrected chi connectivity index (χ3v) is 7.29. The van der Waals surface area contributed by atoms with Crippen LogP contribution in [0.25, 0.3) is 10.2 Å². The number of ether oxygens (including phenoxy) is 1. The number of hydrogen-bond acceptors (Lipinski definition) is 5.